The number of carbonyl (C=O) groups excluding carboxylic acids is 10. The lowest BCUT2D eigenvalue weighted by Crippen LogP contribution is -2.61. The highest BCUT2D eigenvalue weighted by molar-refractivity contribution is 5.98. The van der Waals surface area contributed by atoms with Gasteiger partial charge in [-0.15, -0.1) is 0 Å². The van der Waals surface area contributed by atoms with Crippen molar-refractivity contribution in [1.82, 2.24) is 46.8 Å². The number of amides is 10. The highest BCUT2D eigenvalue weighted by Crippen LogP contribution is 2.20. The van der Waals surface area contributed by atoms with Gasteiger partial charge in [0.15, 0.2) is 5.96 Å². The number of H-pyrrole nitrogens is 1. The number of hydrogen-bond donors (Lipinski definition) is 15. The topological polar surface area (TPSA) is 501 Å². The van der Waals surface area contributed by atoms with Gasteiger partial charge in [-0.1, -0.05) is 13.8 Å². The van der Waals surface area contributed by atoms with E-state index in [1.165, 1.54) is 12.5 Å². The fraction of sp³-hybridized carbons (Fsp3) is 0.625. The molecule has 8 atom stereocenters. The van der Waals surface area contributed by atoms with Crippen LogP contribution in [0.2, 0.25) is 0 Å². The first-order valence-corrected chi connectivity index (χ1v) is 22.0. The van der Waals surface area contributed by atoms with Gasteiger partial charge in [0.1, 0.15) is 42.3 Å². The van der Waals surface area contributed by atoms with Crippen molar-refractivity contribution < 1.29 is 63.0 Å². The number of nitrogens with two attached hydrogens (primary N) is 6. The first-order valence-electron chi connectivity index (χ1n) is 22.0. The first kappa shape index (κ1) is 57.7. The molecule has 0 aromatic carbocycles. The summed E-state index contributed by atoms with van der Waals surface area (Å²) in [4.78, 5) is 154. The lowest BCUT2D eigenvalue weighted by molar-refractivity contribution is -0.143. The molecule has 0 bridgehead atoms. The van der Waals surface area contributed by atoms with Crippen molar-refractivity contribution in [2.75, 3.05) is 19.7 Å². The Morgan fingerprint density at radius 2 is 1.30 bits per heavy atom. The second-order valence-electron chi connectivity index (χ2n) is 16.6. The molecule has 0 unspecified atom stereocenters. The Balaban J connectivity index is 2.46. The summed E-state index contributed by atoms with van der Waals surface area (Å²) in [6.07, 6.45) is 0.304. The number of hydrogen-bond acceptors (Lipinski definition) is 15. The number of nitrogens with one attached hydrogen (secondary N) is 7. The molecule has 1 fully saturated rings. The summed E-state index contributed by atoms with van der Waals surface area (Å²) in [5.74, 6) is -11.2. The van der Waals surface area contributed by atoms with Gasteiger partial charge in [-0.3, -0.25) is 57.7 Å². The van der Waals surface area contributed by atoms with Crippen LogP contribution in [0, 0.1) is 5.92 Å². The van der Waals surface area contributed by atoms with E-state index in [-0.39, 0.29) is 63.3 Å². The average Bonchev–Trinajstić information content (AvgIpc) is 3.99. The number of carboxylic acid groups (broad SMARTS) is 1. The van der Waals surface area contributed by atoms with Gasteiger partial charge < -0.3 is 86.4 Å². The van der Waals surface area contributed by atoms with Gasteiger partial charge in [0, 0.05) is 50.7 Å². The zero-order valence-electron chi connectivity index (χ0n) is 38.4. The standard InChI is InChI=1S/C40H66N16O13/c1-19(2)31(55-33(63)21(41)7-10-28(42)58)38(68)51-22(5-3-13-48-40(45)46)34(64)50-23(8-11-29(43)59)35(65)53-25(15-20-16-47-18-49-20)36(66)52-24(9-12-30(60)61)39(69)56-14-4-6-27(56)37(67)54-26(17-57)32(44)62/h16,18-19,21-27,31,57H,3-15,17,41H2,1-2H3,(H2,42,58)(H2,43,59)(H2,44,62)(H,47,49)(H,50,64)(H,51,68)(H,52,66)(H,53,65)(H,54,67)(H,55,63)(H,60,61)(H4,45,46,48)/t21-,22-,23-,24-,25-,26-,27-,31-/m1/s1. The number of likely N-dealkylation sites (tertiary alicyclic amines) is 1. The molecule has 2 rings (SSSR count). The van der Waals surface area contributed by atoms with E-state index >= 15 is 0 Å². The van der Waals surface area contributed by atoms with Crippen molar-refractivity contribution >= 4 is 71.0 Å². The Hall–Kier alpha value is -7.43. The van der Waals surface area contributed by atoms with Gasteiger partial charge in [-0.05, 0) is 50.9 Å². The number of aliphatic carboxylic acids is 1. The Labute approximate surface area is 396 Å². The van der Waals surface area contributed by atoms with E-state index < -0.39 is 152 Å². The quantitative estimate of drug-likeness (QED) is 0.0187. The second-order valence-corrected chi connectivity index (χ2v) is 16.6. The first-order chi connectivity index (χ1) is 32.4. The van der Waals surface area contributed by atoms with Crippen molar-refractivity contribution in [2.24, 2.45) is 45.3 Å². The van der Waals surface area contributed by atoms with Gasteiger partial charge in [0.2, 0.25) is 59.1 Å². The zero-order valence-corrected chi connectivity index (χ0v) is 38.4. The predicted octanol–water partition coefficient (Wildman–Crippen LogP) is -7.24. The lowest BCUT2D eigenvalue weighted by Gasteiger charge is -2.30. The maximum absolute atomic E-state index is 14.2. The number of carbonyl (C=O) groups is 11. The lowest BCUT2D eigenvalue weighted by atomic mass is 10.0. The fourth-order valence-corrected chi connectivity index (χ4v) is 6.96. The van der Waals surface area contributed by atoms with Gasteiger partial charge in [-0.25, -0.2) is 4.98 Å². The summed E-state index contributed by atoms with van der Waals surface area (Å²) in [6.45, 7) is 2.36. The minimum absolute atomic E-state index is 0.00191. The van der Waals surface area contributed by atoms with Crippen molar-refractivity contribution in [3.8, 4) is 0 Å². The predicted molar refractivity (Wildman–Crippen MR) is 241 cm³/mol. The summed E-state index contributed by atoms with van der Waals surface area (Å²) < 4.78 is 0. The second kappa shape index (κ2) is 28.7. The molecule has 1 aromatic heterocycles. The molecule has 21 N–H and O–H groups in total. The maximum Gasteiger partial charge on any atom is 0.303 e. The molecule has 1 aliphatic rings. The number of aliphatic hydroxyl groups excluding tert-OH is 1. The van der Waals surface area contributed by atoms with Crippen LogP contribution in [0.3, 0.4) is 0 Å². The van der Waals surface area contributed by atoms with Gasteiger partial charge in [0.25, 0.3) is 0 Å². The van der Waals surface area contributed by atoms with Crippen molar-refractivity contribution in [2.45, 2.75) is 133 Å². The van der Waals surface area contributed by atoms with Crippen molar-refractivity contribution in [1.29, 1.82) is 0 Å². The number of carboxylic acids is 1. The molecule has 29 heteroatoms. The molecular weight excluding hydrogens is 913 g/mol. The molecule has 384 valence electrons. The van der Waals surface area contributed by atoms with Crippen LogP contribution in [0.5, 0.6) is 0 Å². The van der Waals surface area contributed by atoms with Gasteiger partial charge in [-0.2, -0.15) is 0 Å². The van der Waals surface area contributed by atoms with Crippen molar-refractivity contribution in [3.05, 3.63) is 18.2 Å². The summed E-state index contributed by atoms with van der Waals surface area (Å²) in [7, 11) is 0. The summed E-state index contributed by atoms with van der Waals surface area (Å²) in [5, 5.41) is 33.8. The number of nitrogens with zero attached hydrogens (tertiary/aromatic N) is 3. The number of primary amides is 3. The van der Waals surface area contributed by atoms with Crippen molar-refractivity contribution in [3.63, 3.8) is 0 Å². The highest BCUT2D eigenvalue weighted by Gasteiger charge is 2.40. The molecule has 29 nitrogen and oxygen atoms in total. The van der Waals surface area contributed by atoms with E-state index in [0.29, 0.717) is 6.42 Å². The van der Waals surface area contributed by atoms with Crippen LogP contribution in [0.1, 0.15) is 83.7 Å². The monoisotopic (exact) mass is 978 g/mol. The normalized spacial score (nSPS) is 16.2. The van der Waals surface area contributed by atoms with Crippen LogP contribution in [0.15, 0.2) is 17.5 Å². The van der Waals surface area contributed by atoms with Crippen LogP contribution in [0.4, 0.5) is 0 Å². The SMILES string of the molecule is CC(C)[C@@H](NC(=O)[C@H](N)CCC(N)=O)C(=O)N[C@H](CCCN=C(N)N)C(=O)N[C@H](CCC(N)=O)C(=O)N[C@H](Cc1cnc[nH]1)C(=O)N[C@H](CCC(=O)O)C(=O)N1CCC[C@@H]1C(=O)N[C@H](CO)C(N)=O. The molecule has 1 aliphatic heterocycles. The van der Waals surface area contributed by atoms with Crippen LogP contribution in [-0.4, -0.2) is 164 Å². The molecular formula is C40H66N16O13. The van der Waals surface area contributed by atoms with E-state index in [1.54, 1.807) is 13.8 Å². The Morgan fingerprint density at radius 3 is 1.86 bits per heavy atom. The number of aromatic amines is 1. The van der Waals surface area contributed by atoms with Crippen LogP contribution in [-0.2, 0) is 59.2 Å². The number of aromatic nitrogens is 2. The van der Waals surface area contributed by atoms with Gasteiger partial charge >= 0.3 is 5.97 Å². The molecule has 0 aliphatic carbocycles. The third-order valence-electron chi connectivity index (χ3n) is 10.7. The largest absolute Gasteiger partial charge is 0.481 e. The summed E-state index contributed by atoms with van der Waals surface area (Å²) in [6, 6.07) is -11.4. The molecule has 10 amide bonds. The number of aliphatic hydroxyl groups is 1. The van der Waals surface area contributed by atoms with E-state index in [4.69, 9.17) is 34.4 Å². The molecule has 0 saturated carbocycles. The Kier molecular flexibility index (Phi) is 24.0. The average molecular weight is 979 g/mol. The maximum atomic E-state index is 14.2. The number of imidazole rings is 1. The minimum Gasteiger partial charge on any atom is -0.481 e. The molecule has 0 spiro atoms. The number of aliphatic imine (C=N–C) groups is 1. The van der Waals surface area contributed by atoms with Crippen LogP contribution < -0.4 is 66.3 Å². The van der Waals surface area contributed by atoms with Gasteiger partial charge in [0.05, 0.1) is 19.0 Å². The van der Waals surface area contributed by atoms with E-state index in [2.05, 4.69) is 46.9 Å². The molecule has 2 heterocycles. The third kappa shape index (κ3) is 20.1. The molecule has 0 radical (unpaired) electrons. The Morgan fingerprint density at radius 1 is 0.739 bits per heavy atom. The molecule has 1 aromatic rings. The van der Waals surface area contributed by atoms with E-state index in [0.717, 1.165) is 4.90 Å². The van der Waals surface area contributed by atoms with Crippen LogP contribution >= 0.6 is 0 Å². The number of rotatable bonds is 31. The Bertz CT molecular complexity index is 2010. The fourth-order valence-electron chi connectivity index (χ4n) is 6.96. The van der Waals surface area contributed by atoms with Crippen LogP contribution in [0.25, 0.3) is 0 Å². The van der Waals surface area contributed by atoms with E-state index in [1.807, 2.05) is 0 Å². The third-order valence-corrected chi connectivity index (χ3v) is 10.7. The summed E-state index contributed by atoms with van der Waals surface area (Å²) in [5.41, 5.74) is 32.9. The zero-order chi connectivity index (χ0) is 52.0. The summed E-state index contributed by atoms with van der Waals surface area (Å²) >= 11 is 0. The number of guanidine groups is 1. The molecule has 1 saturated heterocycles. The highest BCUT2D eigenvalue weighted by atomic mass is 16.4. The van der Waals surface area contributed by atoms with E-state index in [9.17, 15) is 63.0 Å². The molecule has 69 heavy (non-hydrogen) atoms. The minimum atomic E-state index is -1.63. The smallest absolute Gasteiger partial charge is 0.303 e.